The van der Waals surface area contributed by atoms with Gasteiger partial charge in [-0.1, -0.05) is 0 Å². The number of aromatic nitrogens is 3. The zero-order valence-corrected chi connectivity index (χ0v) is 17.5. The summed E-state index contributed by atoms with van der Waals surface area (Å²) in [4.78, 5) is 23.8. The maximum absolute atomic E-state index is 12.7. The summed E-state index contributed by atoms with van der Waals surface area (Å²) in [6.07, 6.45) is 4.12. The highest BCUT2D eigenvalue weighted by molar-refractivity contribution is 7.99. The van der Waals surface area contributed by atoms with E-state index in [9.17, 15) is 4.79 Å². The van der Waals surface area contributed by atoms with Crippen LogP contribution in [-0.4, -0.2) is 93.5 Å². The van der Waals surface area contributed by atoms with E-state index in [2.05, 4.69) is 31.3 Å². The Balaban J connectivity index is 1.19. The standard InChI is InChI=1S/C19H27N7O2S/c1-14-10-17(26(22-14)19-20-2-8-28-19)24-5-3-23(4-6-24)15-11-16(21-12-15)18(27)25-7-9-29-13-25/h2,8,10,15-16,21H,3-7,9,11-13H2,1H3/t15-,16-/m0/s1. The fourth-order valence-electron chi connectivity index (χ4n) is 4.48. The maximum Gasteiger partial charge on any atom is 0.324 e. The van der Waals surface area contributed by atoms with Gasteiger partial charge in [0.15, 0.2) is 0 Å². The van der Waals surface area contributed by atoms with Gasteiger partial charge in [0.1, 0.15) is 12.1 Å². The van der Waals surface area contributed by atoms with Gasteiger partial charge in [-0.3, -0.25) is 9.69 Å². The lowest BCUT2D eigenvalue weighted by molar-refractivity contribution is -0.131. The van der Waals surface area contributed by atoms with Gasteiger partial charge >= 0.3 is 6.01 Å². The van der Waals surface area contributed by atoms with Gasteiger partial charge in [-0.05, 0) is 13.3 Å². The molecular weight excluding hydrogens is 390 g/mol. The van der Waals surface area contributed by atoms with Crippen molar-refractivity contribution in [2.45, 2.75) is 25.4 Å². The molecular formula is C19H27N7O2S. The van der Waals surface area contributed by atoms with Crippen LogP contribution in [0.3, 0.4) is 0 Å². The van der Waals surface area contributed by atoms with Gasteiger partial charge in [-0.25, -0.2) is 4.98 Å². The van der Waals surface area contributed by atoms with Crippen LogP contribution in [0.2, 0.25) is 0 Å². The van der Waals surface area contributed by atoms with Crippen molar-refractivity contribution in [1.82, 2.24) is 29.9 Å². The second-order valence-electron chi connectivity index (χ2n) is 7.88. The third kappa shape index (κ3) is 3.76. The molecule has 2 atom stereocenters. The number of carbonyl (C=O) groups is 1. The van der Waals surface area contributed by atoms with Crippen LogP contribution in [0.25, 0.3) is 6.01 Å². The number of hydrogen-bond acceptors (Lipinski definition) is 8. The first-order valence-corrected chi connectivity index (χ1v) is 11.4. The predicted molar refractivity (Wildman–Crippen MR) is 111 cm³/mol. The molecule has 0 radical (unpaired) electrons. The maximum atomic E-state index is 12.7. The molecule has 0 spiro atoms. The van der Waals surface area contributed by atoms with Crippen molar-refractivity contribution in [1.29, 1.82) is 0 Å². The molecule has 156 valence electrons. The van der Waals surface area contributed by atoms with Crippen LogP contribution >= 0.6 is 11.8 Å². The summed E-state index contributed by atoms with van der Waals surface area (Å²) in [6.45, 7) is 7.56. The summed E-state index contributed by atoms with van der Waals surface area (Å²) in [5, 5.41) is 8.01. The first-order chi connectivity index (χ1) is 14.2. The Labute approximate surface area is 174 Å². The Morgan fingerprint density at radius 3 is 2.86 bits per heavy atom. The summed E-state index contributed by atoms with van der Waals surface area (Å²) < 4.78 is 7.23. The third-order valence-corrected chi connectivity index (χ3v) is 7.00. The predicted octanol–water partition coefficient (Wildman–Crippen LogP) is 0.554. The SMILES string of the molecule is Cc1cc(N2CCN([C@@H]3CN[C@H](C(=O)N4CCSC4)C3)CC2)n(-c2ncco2)n1. The lowest BCUT2D eigenvalue weighted by Crippen LogP contribution is -2.51. The summed E-state index contributed by atoms with van der Waals surface area (Å²) in [5.74, 6) is 3.21. The van der Waals surface area contributed by atoms with Crippen molar-refractivity contribution in [3.05, 3.63) is 24.2 Å². The molecule has 2 aromatic rings. The molecule has 5 heterocycles. The number of rotatable bonds is 4. The monoisotopic (exact) mass is 417 g/mol. The number of oxazole rings is 1. The topological polar surface area (TPSA) is 82.7 Å². The van der Waals surface area contributed by atoms with E-state index < -0.39 is 0 Å². The quantitative estimate of drug-likeness (QED) is 0.773. The van der Waals surface area contributed by atoms with Crippen LogP contribution < -0.4 is 10.2 Å². The van der Waals surface area contributed by atoms with Gasteiger partial charge in [-0.15, -0.1) is 11.8 Å². The Kier molecular flexibility index (Phi) is 5.23. The van der Waals surface area contributed by atoms with Crippen LogP contribution in [0, 0.1) is 6.92 Å². The van der Waals surface area contributed by atoms with Gasteiger partial charge in [0.05, 0.1) is 23.8 Å². The molecule has 0 bridgehead atoms. The molecule has 1 N–H and O–H groups in total. The largest absolute Gasteiger partial charge is 0.431 e. The normalized spacial score (nSPS) is 25.8. The van der Waals surface area contributed by atoms with E-state index in [0.29, 0.717) is 12.1 Å². The van der Waals surface area contributed by atoms with E-state index in [-0.39, 0.29) is 11.9 Å². The van der Waals surface area contributed by atoms with Gasteiger partial charge in [0.25, 0.3) is 0 Å². The highest BCUT2D eigenvalue weighted by Gasteiger charge is 2.37. The van der Waals surface area contributed by atoms with Crippen LogP contribution in [0.15, 0.2) is 22.9 Å². The van der Waals surface area contributed by atoms with Crippen LogP contribution in [0.5, 0.6) is 0 Å². The zero-order valence-electron chi connectivity index (χ0n) is 16.7. The molecule has 0 saturated carbocycles. The number of aryl methyl sites for hydroxylation is 1. The number of carbonyl (C=O) groups excluding carboxylic acids is 1. The van der Waals surface area contributed by atoms with E-state index in [1.165, 1.54) is 0 Å². The Hall–Kier alpha value is -2.04. The summed E-state index contributed by atoms with van der Waals surface area (Å²) in [6, 6.07) is 2.99. The van der Waals surface area contributed by atoms with E-state index >= 15 is 0 Å². The molecule has 9 nitrogen and oxygen atoms in total. The molecule has 10 heteroatoms. The first kappa shape index (κ1) is 19.0. The number of piperazine rings is 1. The van der Waals surface area contributed by atoms with E-state index in [1.807, 2.05) is 23.6 Å². The second kappa shape index (κ2) is 8.00. The van der Waals surface area contributed by atoms with Gasteiger partial charge in [0.2, 0.25) is 5.91 Å². The molecule has 3 aliphatic rings. The molecule has 3 saturated heterocycles. The molecule has 0 aliphatic carbocycles. The number of thioether (sulfide) groups is 1. The molecule has 5 rings (SSSR count). The molecule has 2 aromatic heterocycles. The minimum Gasteiger partial charge on any atom is -0.431 e. The number of anilines is 1. The average molecular weight is 418 g/mol. The highest BCUT2D eigenvalue weighted by Crippen LogP contribution is 2.24. The van der Waals surface area contributed by atoms with Crippen LogP contribution in [0.1, 0.15) is 12.1 Å². The first-order valence-electron chi connectivity index (χ1n) is 10.2. The van der Waals surface area contributed by atoms with Crippen LogP contribution in [0.4, 0.5) is 5.82 Å². The lowest BCUT2D eigenvalue weighted by atomic mass is 10.1. The van der Waals surface area contributed by atoms with E-state index in [4.69, 9.17) is 4.42 Å². The molecule has 29 heavy (non-hydrogen) atoms. The van der Waals surface area contributed by atoms with Crippen molar-refractivity contribution in [3.8, 4) is 6.01 Å². The van der Waals surface area contributed by atoms with Crippen molar-refractivity contribution in [3.63, 3.8) is 0 Å². The molecule has 0 unspecified atom stereocenters. The number of amides is 1. The van der Waals surface area contributed by atoms with Gasteiger partial charge in [-0.2, -0.15) is 9.78 Å². The fourth-order valence-corrected chi connectivity index (χ4v) is 5.44. The Morgan fingerprint density at radius 1 is 1.28 bits per heavy atom. The minimum absolute atomic E-state index is 0.0224. The lowest BCUT2D eigenvalue weighted by Gasteiger charge is -2.38. The van der Waals surface area contributed by atoms with Crippen molar-refractivity contribution >= 4 is 23.5 Å². The Bertz CT molecular complexity index is 841. The van der Waals surface area contributed by atoms with Crippen molar-refractivity contribution < 1.29 is 9.21 Å². The third-order valence-electron chi connectivity index (χ3n) is 6.04. The van der Waals surface area contributed by atoms with E-state index in [1.54, 1.807) is 17.1 Å². The molecule has 0 aromatic carbocycles. The summed E-state index contributed by atoms with van der Waals surface area (Å²) >= 11 is 1.84. The number of hydrogen-bond donors (Lipinski definition) is 1. The van der Waals surface area contributed by atoms with Crippen molar-refractivity contribution in [2.75, 3.05) is 55.8 Å². The van der Waals surface area contributed by atoms with Gasteiger partial charge in [0, 0.05) is 57.1 Å². The molecule has 3 aliphatic heterocycles. The molecule has 1 amide bonds. The second-order valence-corrected chi connectivity index (χ2v) is 8.96. The highest BCUT2D eigenvalue weighted by atomic mass is 32.2. The number of nitrogens with one attached hydrogen (secondary N) is 1. The minimum atomic E-state index is -0.0224. The van der Waals surface area contributed by atoms with Crippen molar-refractivity contribution in [2.24, 2.45) is 0 Å². The van der Waals surface area contributed by atoms with Gasteiger partial charge < -0.3 is 19.5 Å². The molecule has 3 fully saturated rings. The fraction of sp³-hybridized carbons (Fsp3) is 0.632. The summed E-state index contributed by atoms with van der Waals surface area (Å²) in [5.41, 5.74) is 0.946. The zero-order chi connectivity index (χ0) is 19.8. The average Bonchev–Trinajstić information content (AvgIpc) is 3.54. The number of nitrogens with zero attached hydrogens (tertiary/aromatic N) is 6. The smallest absolute Gasteiger partial charge is 0.324 e. The van der Waals surface area contributed by atoms with E-state index in [0.717, 1.165) is 68.8 Å². The summed E-state index contributed by atoms with van der Waals surface area (Å²) in [7, 11) is 0. The van der Waals surface area contributed by atoms with Crippen LogP contribution in [-0.2, 0) is 4.79 Å². The Morgan fingerprint density at radius 2 is 2.14 bits per heavy atom.